The van der Waals surface area contributed by atoms with E-state index in [1.54, 1.807) is 0 Å². The summed E-state index contributed by atoms with van der Waals surface area (Å²) in [5.41, 5.74) is 9.22. The van der Waals surface area contributed by atoms with Gasteiger partial charge < -0.3 is 15.2 Å². The molecular formula is C14H22N4. The molecule has 1 aromatic heterocycles. The van der Waals surface area contributed by atoms with Crippen LogP contribution < -0.4 is 5.73 Å². The van der Waals surface area contributed by atoms with Gasteiger partial charge in [-0.2, -0.15) is 0 Å². The quantitative estimate of drug-likeness (QED) is 0.867. The number of benzene rings is 1. The summed E-state index contributed by atoms with van der Waals surface area (Å²) in [4.78, 5) is 6.89. The lowest BCUT2D eigenvalue weighted by atomic mass is 10.2. The molecule has 0 aliphatic rings. The van der Waals surface area contributed by atoms with Crippen molar-refractivity contribution in [2.75, 3.05) is 27.2 Å². The number of fused-ring (bicyclic) bond motifs is 1. The van der Waals surface area contributed by atoms with Crippen LogP contribution in [0.3, 0.4) is 0 Å². The van der Waals surface area contributed by atoms with Crippen LogP contribution in [0.4, 0.5) is 0 Å². The first-order valence-electron chi connectivity index (χ1n) is 6.42. The standard InChI is InChI=1S/C14H22N4/c1-11-4-5-13-12(10-11)16-14(6-7-15)18(13)9-8-17(2)3/h4-5,10H,6-9,15H2,1-3H3. The Morgan fingerprint density at radius 1 is 1.33 bits per heavy atom. The summed E-state index contributed by atoms with van der Waals surface area (Å²) in [5, 5.41) is 0. The van der Waals surface area contributed by atoms with Crippen LogP contribution in [0, 0.1) is 6.92 Å². The molecule has 0 amide bonds. The smallest absolute Gasteiger partial charge is 0.111 e. The highest BCUT2D eigenvalue weighted by atomic mass is 15.1. The lowest BCUT2D eigenvalue weighted by molar-refractivity contribution is 0.383. The molecule has 18 heavy (non-hydrogen) atoms. The molecule has 0 radical (unpaired) electrons. The van der Waals surface area contributed by atoms with Crippen molar-refractivity contribution >= 4 is 11.0 Å². The number of hydrogen-bond donors (Lipinski definition) is 1. The van der Waals surface area contributed by atoms with Crippen LogP contribution in [0.1, 0.15) is 11.4 Å². The molecule has 2 aromatic rings. The summed E-state index contributed by atoms with van der Waals surface area (Å²) in [5.74, 6) is 1.10. The predicted octanol–water partition coefficient (Wildman–Crippen LogP) is 1.41. The van der Waals surface area contributed by atoms with E-state index >= 15 is 0 Å². The maximum Gasteiger partial charge on any atom is 0.111 e. The fourth-order valence-electron chi connectivity index (χ4n) is 2.16. The van der Waals surface area contributed by atoms with Crippen molar-refractivity contribution < 1.29 is 0 Å². The third kappa shape index (κ3) is 2.71. The first-order valence-corrected chi connectivity index (χ1v) is 6.42. The third-order valence-corrected chi connectivity index (χ3v) is 3.12. The fourth-order valence-corrected chi connectivity index (χ4v) is 2.16. The first kappa shape index (κ1) is 13.1. The number of nitrogens with zero attached hydrogens (tertiary/aromatic N) is 3. The maximum atomic E-state index is 5.67. The van der Waals surface area contributed by atoms with Crippen molar-refractivity contribution in [2.24, 2.45) is 5.73 Å². The van der Waals surface area contributed by atoms with Crippen molar-refractivity contribution in [3.05, 3.63) is 29.6 Å². The second-order valence-electron chi connectivity index (χ2n) is 5.01. The summed E-state index contributed by atoms with van der Waals surface area (Å²) < 4.78 is 2.29. The fraction of sp³-hybridized carbons (Fsp3) is 0.500. The molecule has 0 unspecified atom stereocenters. The molecule has 1 aromatic carbocycles. The highest BCUT2D eigenvalue weighted by molar-refractivity contribution is 5.76. The Bertz CT molecular complexity index is 528. The third-order valence-electron chi connectivity index (χ3n) is 3.12. The Labute approximate surface area is 108 Å². The van der Waals surface area contributed by atoms with Gasteiger partial charge in [-0.3, -0.25) is 0 Å². The van der Waals surface area contributed by atoms with E-state index in [0.717, 1.165) is 30.9 Å². The van der Waals surface area contributed by atoms with Gasteiger partial charge >= 0.3 is 0 Å². The van der Waals surface area contributed by atoms with Crippen LogP contribution in [-0.2, 0) is 13.0 Å². The van der Waals surface area contributed by atoms with Crippen LogP contribution in [0.25, 0.3) is 11.0 Å². The minimum atomic E-state index is 0.643. The van der Waals surface area contributed by atoms with Gasteiger partial charge in [-0.1, -0.05) is 6.07 Å². The molecule has 0 bridgehead atoms. The predicted molar refractivity (Wildman–Crippen MR) is 75.8 cm³/mol. The molecule has 2 rings (SSSR count). The molecule has 98 valence electrons. The minimum Gasteiger partial charge on any atom is -0.330 e. The van der Waals surface area contributed by atoms with E-state index in [0.29, 0.717) is 6.54 Å². The largest absolute Gasteiger partial charge is 0.330 e. The van der Waals surface area contributed by atoms with Crippen LogP contribution in [0.15, 0.2) is 18.2 Å². The van der Waals surface area contributed by atoms with Gasteiger partial charge in [0.15, 0.2) is 0 Å². The van der Waals surface area contributed by atoms with Gasteiger partial charge in [0.05, 0.1) is 11.0 Å². The number of rotatable bonds is 5. The molecule has 0 atom stereocenters. The lowest BCUT2D eigenvalue weighted by Gasteiger charge is -2.13. The van der Waals surface area contributed by atoms with E-state index in [1.165, 1.54) is 11.1 Å². The van der Waals surface area contributed by atoms with Crippen LogP contribution in [-0.4, -0.2) is 41.6 Å². The monoisotopic (exact) mass is 246 g/mol. The molecular weight excluding hydrogens is 224 g/mol. The highest BCUT2D eigenvalue weighted by Gasteiger charge is 2.10. The summed E-state index contributed by atoms with van der Waals surface area (Å²) in [6.07, 6.45) is 0.834. The molecule has 4 heteroatoms. The van der Waals surface area contributed by atoms with Crippen molar-refractivity contribution in [3.63, 3.8) is 0 Å². The zero-order valence-corrected chi connectivity index (χ0v) is 11.5. The van der Waals surface area contributed by atoms with E-state index in [1.807, 2.05) is 0 Å². The van der Waals surface area contributed by atoms with Gasteiger partial charge in [0, 0.05) is 19.5 Å². The number of imidazole rings is 1. The average molecular weight is 246 g/mol. The second kappa shape index (κ2) is 5.50. The van der Waals surface area contributed by atoms with E-state index in [2.05, 4.69) is 48.7 Å². The van der Waals surface area contributed by atoms with Crippen LogP contribution >= 0.6 is 0 Å². The minimum absolute atomic E-state index is 0.643. The van der Waals surface area contributed by atoms with E-state index < -0.39 is 0 Å². The average Bonchev–Trinajstić information content (AvgIpc) is 2.63. The molecule has 0 saturated heterocycles. The number of likely N-dealkylation sites (N-methyl/N-ethyl adjacent to an activating group) is 1. The Kier molecular flexibility index (Phi) is 3.99. The SMILES string of the molecule is Cc1ccc2c(c1)nc(CCN)n2CCN(C)C. The van der Waals surface area contributed by atoms with Gasteiger partial charge in [-0.25, -0.2) is 4.98 Å². The summed E-state index contributed by atoms with van der Waals surface area (Å²) in [6, 6.07) is 6.44. The van der Waals surface area contributed by atoms with Gasteiger partial charge in [0.2, 0.25) is 0 Å². The zero-order valence-electron chi connectivity index (χ0n) is 11.5. The topological polar surface area (TPSA) is 47.1 Å². The number of nitrogens with two attached hydrogens (primary N) is 1. The van der Waals surface area contributed by atoms with Crippen LogP contribution in [0.5, 0.6) is 0 Å². The summed E-state index contributed by atoms with van der Waals surface area (Å²) in [6.45, 7) is 4.71. The Morgan fingerprint density at radius 2 is 2.11 bits per heavy atom. The van der Waals surface area contributed by atoms with Crippen molar-refractivity contribution in [3.8, 4) is 0 Å². The molecule has 0 fully saturated rings. The highest BCUT2D eigenvalue weighted by Crippen LogP contribution is 2.18. The van der Waals surface area contributed by atoms with E-state index in [4.69, 9.17) is 10.7 Å². The molecule has 1 heterocycles. The van der Waals surface area contributed by atoms with E-state index in [-0.39, 0.29) is 0 Å². The van der Waals surface area contributed by atoms with Crippen LogP contribution in [0.2, 0.25) is 0 Å². The molecule has 0 saturated carbocycles. The molecule has 2 N–H and O–H groups in total. The van der Waals surface area contributed by atoms with Gasteiger partial charge in [0.1, 0.15) is 5.82 Å². The summed E-state index contributed by atoms with van der Waals surface area (Å²) in [7, 11) is 4.18. The molecule has 4 nitrogen and oxygen atoms in total. The normalized spacial score (nSPS) is 11.6. The number of aromatic nitrogens is 2. The number of hydrogen-bond acceptors (Lipinski definition) is 3. The molecule has 0 aliphatic heterocycles. The van der Waals surface area contributed by atoms with Gasteiger partial charge in [-0.05, 0) is 45.3 Å². The zero-order chi connectivity index (χ0) is 13.1. The van der Waals surface area contributed by atoms with Gasteiger partial charge in [-0.15, -0.1) is 0 Å². The Morgan fingerprint density at radius 3 is 2.78 bits per heavy atom. The van der Waals surface area contributed by atoms with Crippen molar-refractivity contribution in [2.45, 2.75) is 19.9 Å². The lowest BCUT2D eigenvalue weighted by Crippen LogP contribution is -2.20. The second-order valence-corrected chi connectivity index (χ2v) is 5.01. The molecule has 0 spiro atoms. The maximum absolute atomic E-state index is 5.67. The molecule has 0 aliphatic carbocycles. The Balaban J connectivity index is 2.41. The number of aryl methyl sites for hydroxylation is 1. The van der Waals surface area contributed by atoms with Gasteiger partial charge in [0.25, 0.3) is 0 Å². The summed E-state index contributed by atoms with van der Waals surface area (Å²) >= 11 is 0. The first-order chi connectivity index (χ1) is 8.61. The van der Waals surface area contributed by atoms with Crippen molar-refractivity contribution in [1.29, 1.82) is 0 Å². The van der Waals surface area contributed by atoms with Crippen molar-refractivity contribution in [1.82, 2.24) is 14.5 Å². The van der Waals surface area contributed by atoms with E-state index in [9.17, 15) is 0 Å². The Hall–Kier alpha value is -1.39.